The van der Waals surface area contributed by atoms with Crippen LogP contribution in [0.4, 0.5) is 5.69 Å². The van der Waals surface area contributed by atoms with E-state index in [1.54, 1.807) is 17.9 Å². The van der Waals surface area contributed by atoms with Gasteiger partial charge >= 0.3 is 5.69 Å². The molecule has 2 heterocycles. The van der Waals surface area contributed by atoms with E-state index in [4.69, 9.17) is 0 Å². The Kier molecular flexibility index (Phi) is 4.08. The minimum absolute atomic E-state index is 0.0831. The predicted octanol–water partition coefficient (Wildman–Crippen LogP) is 0.231. The number of amides is 1. The summed E-state index contributed by atoms with van der Waals surface area (Å²) in [5.74, 6) is -0.149. The first-order chi connectivity index (χ1) is 9.56. The van der Waals surface area contributed by atoms with E-state index in [1.807, 2.05) is 6.07 Å². The van der Waals surface area contributed by atoms with Crippen LogP contribution in [0.25, 0.3) is 0 Å². The smallest absolute Gasteiger partial charge is 0.306 e. The zero-order chi connectivity index (χ0) is 14.5. The van der Waals surface area contributed by atoms with Crippen LogP contribution in [0, 0.1) is 10.1 Å². The molecule has 0 aliphatic rings. The van der Waals surface area contributed by atoms with E-state index in [1.165, 1.54) is 10.9 Å². The largest absolute Gasteiger partial charge is 0.350 e. The molecule has 0 aliphatic heterocycles. The molecule has 0 saturated heterocycles. The number of aromatic nitrogens is 4. The van der Waals surface area contributed by atoms with E-state index in [-0.39, 0.29) is 18.0 Å². The van der Waals surface area contributed by atoms with Gasteiger partial charge in [0, 0.05) is 26.2 Å². The summed E-state index contributed by atoms with van der Waals surface area (Å²) in [5, 5.41) is 21.0. The van der Waals surface area contributed by atoms with Gasteiger partial charge in [-0.25, -0.2) is 0 Å². The first-order valence-corrected chi connectivity index (χ1v) is 5.96. The van der Waals surface area contributed by atoms with Crippen LogP contribution in [-0.2, 0) is 24.9 Å². The minimum Gasteiger partial charge on any atom is -0.350 e. The van der Waals surface area contributed by atoms with Gasteiger partial charge in [-0.15, -0.1) is 0 Å². The Labute approximate surface area is 114 Å². The van der Waals surface area contributed by atoms with Gasteiger partial charge in [-0.05, 0) is 6.07 Å². The molecule has 2 aromatic heterocycles. The van der Waals surface area contributed by atoms with Crippen molar-refractivity contribution >= 4 is 11.6 Å². The lowest BCUT2D eigenvalue weighted by atomic mass is 10.3. The molecule has 0 unspecified atom stereocenters. The summed E-state index contributed by atoms with van der Waals surface area (Å²) in [6.07, 6.45) is 4.32. The number of nitro groups is 1. The normalized spacial score (nSPS) is 10.4. The SMILES string of the molecule is Cn1nccc1CNC(=O)CCn1cc([N+](=O)[O-])cn1. The Morgan fingerprint density at radius 2 is 2.30 bits per heavy atom. The van der Waals surface area contributed by atoms with Crippen molar-refractivity contribution in [2.24, 2.45) is 7.05 Å². The molecule has 0 aliphatic carbocycles. The van der Waals surface area contributed by atoms with Gasteiger partial charge in [-0.1, -0.05) is 0 Å². The van der Waals surface area contributed by atoms with Crippen molar-refractivity contribution in [2.45, 2.75) is 19.5 Å². The Hall–Kier alpha value is -2.71. The molecular formula is C11H14N6O3. The van der Waals surface area contributed by atoms with Gasteiger partial charge in [-0.2, -0.15) is 10.2 Å². The second-order valence-corrected chi connectivity index (χ2v) is 4.19. The van der Waals surface area contributed by atoms with E-state index >= 15 is 0 Å². The number of rotatable bonds is 6. The molecule has 2 rings (SSSR count). The highest BCUT2D eigenvalue weighted by atomic mass is 16.6. The van der Waals surface area contributed by atoms with Crippen LogP contribution in [0.2, 0.25) is 0 Å². The second kappa shape index (κ2) is 5.95. The van der Waals surface area contributed by atoms with Crippen LogP contribution in [0.15, 0.2) is 24.7 Å². The summed E-state index contributed by atoms with van der Waals surface area (Å²) < 4.78 is 3.05. The lowest BCUT2D eigenvalue weighted by molar-refractivity contribution is -0.385. The lowest BCUT2D eigenvalue weighted by Gasteiger charge is -2.05. The van der Waals surface area contributed by atoms with Crippen molar-refractivity contribution in [3.63, 3.8) is 0 Å². The fraction of sp³-hybridized carbons (Fsp3) is 0.364. The number of carbonyl (C=O) groups is 1. The van der Waals surface area contributed by atoms with Crippen molar-refractivity contribution < 1.29 is 9.72 Å². The first kappa shape index (κ1) is 13.7. The van der Waals surface area contributed by atoms with Gasteiger partial charge in [0.2, 0.25) is 5.91 Å². The Morgan fingerprint density at radius 1 is 1.50 bits per heavy atom. The van der Waals surface area contributed by atoms with E-state index in [2.05, 4.69) is 15.5 Å². The molecule has 20 heavy (non-hydrogen) atoms. The quantitative estimate of drug-likeness (QED) is 0.601. The van der Waals surface area contributed by atoms with E-state index < -0.39 is 4.92 Å². The van der Waals surface area contributed by atoms with Crippen molar-refractivity contribution in [2.75, 3.05) is 0 Å². The number of nitrogens with zero attached hydrogens (tertiary/aromatic N) is 5. The Morgan fingerprint density at radius 3 is 2.90 bits per heavy atom. The third-order valence-corrected chi connectivity index (χ3v) is 2.79. The number of hydrogen-bond donors (Lipinski definition) is 1. The molecule has 0 bridgehead atoms. The highest BCUT2D eigenvalue weighted by molar-refractivity contribution is 5.75. The number of carbonyl (C=O) groups excluding carboxylic acids is 1. The fourth-order valence-corrected chi connectivity index (χ4v) is 1.64. The third kappa shape index (κ3) is 3.40. The molecular weight excluding hydrogens is 264 g/mol. The first-order valence-electron chi connectivity index (χ1n) is 5.96. The standard InChI is InChI=1S/C11H14N6O3/c1-15-9(2-4-13-15)6-12-11(18)3-5-16-8-10(7-14-16)17(19)20/h2,4,7-8H,3,5-6H2,1H3,(H,12,18). The summed E-state index contributed by atoms with van der Waals surface area (Å²) in [6.45, 7) is 0.694. The highest BCUT2D eigenvalue weighted by Crippen LogP contribution is 2.07. The summed E-state index contributed by atoms with van der Waals surface area (Å²) in [5.41, 5.74) is 0.813. The van der Waals surface area contributed by atoms with Crippen LogP contribution in [-0.4, -0.2) is 30.4 Å². The van der Waals surface area contributed by atoms with Crippen molar-refractivity contribution in [1.29, 1.82) is 0 Å². The average molecular weight is 278 g/mol. The topological polar surface area (TPSA) is 108 Å². The highest BCUT2D eigenvalue weighted by Gasteiger charge is 2.10. The van der Waals surface area contributed by atoms with Gasteiger partial charge in [-0.3, -0.25) is 24.3 Å². The van der Waals surface area contributed by atoms with Crippen molar-refractivity contribution in [3.8, 4) is 0 Å². The van der Waals surface area contributed by atoms with Crippen molar-refractivity contribution in [1.82, 2.24) is 24.9 Å². The maximum atomic E-state index is 11.6. The van der Waals surface area contributed by atoms with E-state index in [0.29, 0.717) is 13.1 Å². The predicted molar refractivity (Wildman–Crippen MR) is 68.6 cm³/mol. The van der Waals surface area contributed by atoms with Crippen LogP contribution in [0.1, 0.15) is 12.1 Å². The summed E-state index contributed by atoms with van der Waals surface area (Å²) in [4.78, 5) is 21.6. The Balaban J connectivity index is 1.77. The number of hydrogen-bond acceptors (Lipinski definition) is 5. The van der Waals surface area contributed by atoms with Gasteiger partial charge in [0.25, 0.3) is 0 Å². The molecule has 0 spiro atoms. The molecule has 1 amide bonds. The van der Waals surface area contributed by atoms with Gasteiger partial charge < -0.3 is 5.32 Å². The number of nitrogens with one attached hydrogen (secondary N) is 1. The van der Waals surface area contributed by atoms with Crippen LogP contribution in [0.5, 0.6) is 0 Å². The zero-order valence-electron chi connectivity index (χ0n) is 10.9. The maximum Gasteiger partial charge on any atom is 0.306 e. The van der Waals surface area contributed by atoms with Crippen LogP contribution >= 0.6 is 0 Å². The van der Waals surface area contributed by atoms with Gasteiger partial charge in [0.1, 0.15) is 12.4 Å². The average Bonchev–Trinajstić information content (AvgIpc) is 3.03. The molecule has 9 heteroatoms. The zero-order valence-corrected chi connectivity index (χ0v) is 10.9. The van der Waals surface area contributed by atoms with E-state index in [0.717, 1.165) is 11.9 Å². The van der Waals surface area contributed by atoms with Gasteiger partial charge in [0.15, 0.2) is 0 Å². The lowest BCUT2D eigenvalue weighted by Crippen LogP contribution is -2.25. The Bertz CT molecular complexity index is 617. The molecule has 1 N–H and O–H groups in total. The number of aryl methyl sites for hydroxylation is 2. The molecule has 2 aromatic rings. The maximum absolute atomic E-state index is 11.6. The minimum atomic E-state index is -0.522. The third-order valence-electron chi connectivity index (χ3n) is 2.79. The molecule has 9 nitrogen and oxygen atoms in total. The summed E-state index contributed by atoms with van der Waals surface area (Å²) in [7, 11) is 1.80. The molecule has 106 valence electrons. The molecule has 0 fully saturated rings. The fourth-order valence-electron chi connectivity index (χ4n) is 1.64. The van der Waals surface area contributed by atoms with Crippen molar-refractivity contribution in [3.05, 3.63) is 40.5 Å². The molecule has 0 aromatic carbocycles. The molecule has 0 atom stereocenters. The van der Waals surface area contributed by atoms with E-state index in [9.17, 15) is 14.9 Å². The summed E-state index contributed by atoms with van der Waals surface area (Å²) >= 11 is 0. The van der Waals surface area contributed by atoms with Gasteiger partial charge in [0.05, 0.1) is 17.2 Å². The van der Waals surface area contributed by atoms with Crippen LogP contribution in [0.3, 0.4) is 0 Å². The second-order valence-electron chi connectivity index (χ2n) is 4.19. The molecule has 0 saturated carbocycles. The summed E-state index contributed by atoms with van der Waals surface area (Å²) in [6, 6.07) is 1.82. The molecule has 0 radical (unpaired) electrons. The van der Waals surface area contributed by atoms with Crippen LogP contribution < -0.4 is 5.32 Å². The monoisotopic (exact) mass is 278 g/mol.